The maximum absolute atomic E-state index is 12.6. The lowest BCUT2D eigenvalue weighted by atomic mass is 10.1. The minimum absolute atomic E-state index is 0.00747. The zero-order valence-corrected chi connectivity index (χ0v) is 14.1. The molecule has 0 spiro atoms. The van der Waals surface area contributed by atoms with Crippen molar-refractivity contribution in [3.63, 3.8) is 0 Å². The lowest BCUT2D eigenvalue weighted by Gasteiger charge is -2.13. The fraction of sp³-hybridized carbons (Fsp3) is 0.214. The summed E-state index contributed by atoms with van der Waals surface area (Å²) in [7, 11) is -2.05. The second-order valence-corrected chi connectivity index (χ2v) is 6.97. The van der Waals surface area contributed by atoms with Crippen molar-refractivity contribution < 1.29 is 8.42 Å². The SMILES string of the molecule is CCc1ccc2cnn(C)c2c1NS(=O)(=O)c1cnc(Cl)nc1. The van der Waals surface area contributed by atoms with E-state index in [0.29, 0.717) is 12.1 Å². The number of benzene rings is 1. The van der Waals surface area contributed by atoms with Gasteiger partial charge in [-0.1, -0.05) is 19.1 Å². The molecule has 0 unspecified atom stereocenters. The molecule has 0 aliphatic heterocycles. The summed E-state index contributed by atoms with van der Waals surface area (Å²) in [5, 5.41) is 5.03. The molecule has 0 saturated carbocycles. The molecule has 2 heterocycles. The highest BCUT2D eigenvalue weighted by molar-refractivity contribution is 7.92. The summed E-state index contributed by atoms with van der Waals surface area (Å²) in [6, 6.07) is 3.81. The van der Waals surface area contributed by atoms with Crippen LogP contribution in [0.3, 0.4) is 0 Å². The molecular formula is C14H14ClN5O2S. The number of sulfonamides is 1. The molecule has 0 fully saturated rings. The van der Waals surface area contributed by atoms with Crippen LogP contribution in [0.4, 0.5) is 5.69 Å². The number of hydrogen-bond acceptors (Lipinski definition) is 5. The second kappa shape index (κ2) is 5.78. The fourth-order valence-electron chi connectivity index (χ4n) is 2.35. The maximum Gasteiger partial charge on any atom is 0.265 e. The number of aryl methyl sites for hydroxylation is 2. The van der Waals surface area contributed by atoms with E-state index in [1.54, 1.807) is 17.9 Å². The molecule has 9 heteroatoms. The van der Waals surface area contributed by atoms with Crippen LogP contribution in [0, 0.1) is 0 Å². The van der Waals surface area contributed by atoms with E-state index in [0.717, 1.165) is 16.5 Å². The van der Waals surface area contributed by atoms with E-state index in [1.807, 2.05) is 19.1 Å². The number of hydrogen-bond donors (Lipinski definition) is 1. The van der Waals surface area contributed by atoms with Gasteiger partial charge in [0.05, 0.1) is 29.8 Å². The van der Waals surface area contributed by atoms with Gasteiger partial charge in [0.15, 0.2) is 0 Å². The van der Waals surface area contributed by atoms with Gasteiger partial charge in [0, 0.05) is 12.4 Å². The van der Waals surface area contributed by atoms with Gasteiger partial charge in [-0.25, -0.2) is 18.4 Å². The van der Waals surface area contributed by atoms with Crippen LogP contribution in [0.5, 0.6) is 0 Å². The second-order valence-electron chi connectivity index (χ2n) is 4.95. The molecule has 2 aromatic heterocycles. The van der Waals surface area contributed by atoms with Crippen molar-refractivity contribution in [2.24, 2.45) is 7.05 Å². The van der Waals surface area contributed by atoms with Crippen LogP contribution in [0.1, 0.15) is 12.5 Å². The van der Waals surface area contributed by atoms with Gasteiger partial charge in [0.25, 0.3) is 10.0 Å². The van der Waals surface area contributed by atoms with Crippen molar-refractivity contribution in [3.05, 3.63) is 41.6 Å². The van der Waals surface area contributed by atoms with Crippen LogP contribution in [-0.4, -0.2) is 28.2 Å². The molecule has 1 aromatic carbocycles. The quantitative estimate of drug-likeness (QED) is 0.729. The van der Waals surface area contributed by atoms with E-state index in [-0.39, 0.29) is 10.2 Å². The Morgan fingerprint density at radius 3 is 2.57 bits per heavy atom. The Bertz CT molecular complexity index is 967. The first-order chi connectivity index (χ1) is 10.9. The number of halogens is 1. The third kappa shape index (κ3) is 2.87. The molecular weight excluding hydrogens is 338 g/mol. The van der Waals surface area contributed by atoms with Gasteiger partial charge in [-0.05, 0) is 23.6 Å². The van der Waals surface area contributed by atoms with E-state index >= 15 is 0 Å². The Hall–Kier alpha value is -2.19. The predicted octanol–water partition coefficient (Wildman–Crippen LogP) is 2.38. The fourth-order valence-corrected chi connectivity index (χ4v) is 3.44. The molecule has 23 heavy (non-hydrogen) atoms. The minimum atomic E-state index is -3.82. The van der Waals surface area contributed by atoms with Crippen molar-refractivity contribution in [3.8, 4) is 0 Å². The average molecular weight is 352 g/mol. The molecule has 3 rings (SSSR count). The number of anilines is 1. The zero-order valence-electron chi connectivity index (χ0n) is 12.5. The third-order valence-electron chi connectivity index (χ3n) is 3.51. The lowest BCUT2D eigenvalue weighted by Crippen LogP contribution is -2.15. The van der Waals surface area contributed by atoms with E-state index in [2.05, 4.69) is 19.8 Å². The van der Waals surface area contributed by atoms with Crippen molar-refractivity contribution >= 4 is 38.2 Å². The molecule has 0 aliphatic carbocycles. The van der Waals surface area contributed by atoms with Gasteiger partial charge in [0.1, 0.15) is 4.90 Å². The number of aromatic nitrogens is 4. The largest absolute Gasteiger partial charge is 0.277 e. The van der Waals surface area contributed by atoms with Crippen molar-refractivity contribution in [2.45, 2.75) is 18.2 Å². The van der Waals surface area contributed by atoms with E-state index in [1.165, 1.54) is 12.4 Å². The van der Waals surface area contributed by atoms with Gasteiger partial charge in [-0.2, -0.15) is 5.10 Å². The Labute approximate surface area is 138 Å². The number of nitrogens with zero attached hydrogens (tertiary/aromatic N) is 4. The Kier molecular flexibility index (Phi) is 3.95. The molecule has 1 N–H and O–H groups in total. The summed E-state index contributed by atoms with van der Waals surface area (Å²) in [5.41, 5.74) is 2.11. The van der Waals surface area contributed by atoms with Gasteiger partial charge in [-0.15, -0.1) is 0 Å². The lowest BCUT2D eigenvalue weighted by molar-refractivity contribution is 0.600. The predicted molar refractivity (Wildman–Crippen MR) is 87.9 cm³/mol. The minimum Gasteiger partial charge on any atom is -0.277 e. The van der Waals surface area contributed by atoms with E-state index in [9.17, 15) is 8.42 Å². The van der Waals surface area contributed by atoms with Crippen LogP contribution in [0.15, 0.2) is 35.6 Å². The number of fused-ring (bicyclic) bond motifs is 1. The molecule has 3 aromatic rings. The van der Waals surface area contributed by atoms with Crippen molar-refractivity contribution in [2.75, 3.05) is 4.72 Å². The molecule has 0 aliphatic rings. The van der Waals surface area contributed by atoms with Gasteiger partial charge < -0.3 is 0 Å². The van der Waals surface area contributed by atoms with Gasteiger partial charge >= 0.3 is 0 Å². The van der Waals surface area contributed by atoms with E-state index in [4.69, 9.17) is 11.6 Å². The molecule has 0 amide bonds. The third-order valence-corrected chi connectivity index (χ3v) is 5.01. The average Bonchev–Trinajstić information content (AvgIpc) is 2.89. The van der Waals surface area contributed by atoms with E-state index < -0.39 is 10.0 Å². The Morgan fingerprint density at radius 2 is 1.91 bits per heavy atom. The Morgan fingerprint density at radius 1 is 1.22 bits per heavy atom. The maximum atomic E-state index is 12.6. The first kappa shape index (κ1) is 15.7. The number of rotatable bonds is 4. The molecule has 0 bridgehead atoms. The van der Waals surface area contributed by atoms with Crippen molar-refractivity contribution in [1.82, 2.24) is 19.7 Å². The molecule has 0 saturated heterocycles. The first-order valence-corrected chi connectivity index (χ1v) is 8.72. The molecule has 7 nitrogen and oxygen atoms in total. The molecule has 120 valence electrons. The van der Waals surface area contributed by atoms with Gasteiger partial charge in [0.2, 0.25) is 5.28 Å². The van der Waals surface area contributed by atoms with Crippen LogP contribution in [0.2, 0.25) is 5.28 Å². The number of nitrogens with one attached hydrogen (secondary N) is 1. The van der Waals surface area contributed by atoms with Crippen LogP contribution in [0.25, 0.3) is 10.9 Å². The highest BCUT2D eigenvalue weighted by Gasteiger charge is 2.20. The van der Waals surface area contributed by atoms with Gasteiger partial charge in [-0.3, -0.25) is 9.40 Å². The Balaban J connectivity index is 2.13. The smallest absolute Gasteiger partial charge is 0.265 e. The highest BCUT2D eigenvalue weighted by Crippen LogP contribution is 2.29. The summed E-state index contributed by atoms with van der Waals surface area (Å²) in [6.45, 7) is 1.96. The first-order valence-electron chi connectivity index (χ1n) is 6.86. The monoisotopic (exact) mass is 351 g/mol. The summed E-state index contributed by atoms with van der Waals surface area (Å²) < 4.78 is 29.5. The topological polar surface area (TPSA) is 89.8 Å². The summed E-state index contributed by atoms with van der Waals surface area (Å²) >= 11 is 5.60. The normalized spacial score (nSPS) is 11.8. The van der Waals surface area contributed by atoms with Crippen molar-refractivity contribution in [1.29, 1.82) is 0 Å². The molecule has 0 atom stereocenters. The highest BCUT2D eigenvalue weighted by atomic mass is 35.5. The summed E-state index contributed by atoms with van der Waals surface area (Å²) in [5.74, 6) is 0. The van der Waals surface area contributed by atoms with Crippen LogP contribution in [-0.2, 0) is 23.5 Å². The zero-order chi connectivity index (χ0) is 16.6. The summed E-state index contributed by atoms with van der Waals surface area (Å²) in [4.78, 5) is 7.38. The van der Waals surface area contributed by atoms with Crippen LogP contribution < -0.4 is 4.72 Å². The standard InChI is InChI=1S/C14H14ClN5O2S/c1-3-9-4-5-10-6-18-20(2)13(10)12(9)19-23(21,22)11-7-16-14(15)17-8-11/h4-8,19H,3H2,1-2H3. The summed E-state index contributed by atoms with van der Waals surface area (Å²) in [6.07, 6.45) is 4.72. The molecule has 0 radical (unpaired) electrons. The van der Waals surface area contributed by atoms with Crippen LogP contribution >= 0.6 is 11.6 Å².